The smallest absolute Gasteiger partial charge is 0.308 e. The Balaban J connectivity index is 1.70. The van der Waals surface area contributed by atoms with Crippen molar-refractivity contribution < 1.29 is 4.79 Å². The van der Waals surface area contributed by atoms with Gasteiger partial charge in [0, 0.05) is 16.1 Å². The van der Waals surface area contributed by atoms with Gasteiger partial charge in [0.15, 0.2) is 5.82 Å². The Bertz CT molecular complexity index is 1060. The molecule has 0 atom stereocenters. The lowest BCUT2D eigenvalue weighted by Crippen LogP contribution is -2.19. The van der Waals surface area contributed by atoms with Gasteiger partial charge in [0.2, 0.25) is 0 Å². The van der Waals surface area contributed by atoms with Gasteiger partial charge in [-0.15, -0.1) is 5.10 Å². The molecule has 2 amide bonds. The number of nitrogens with one attached hydrogen (secondary N) is 2. The molecule has 0 fully saturated rings. The van der Waals surface area contributed by atoms with Crippen molar-refractivity contribution in [3.05, 3.63) is 83.9 Å². The van der Waals surface area contributed by atoms with Crippen LogP contribution in [-0.2, 0) is 0 Å². The molecule has 0 saturated carbocycles. The highest BCUT2D eigenvalue weighted by Crippen LogP contribution is 2.28. The first-order valence-corrected chi connectivity index (χ1v) is 8.45. The zero-order valence-corrected chi connectivity index (χ0v) is 14.4. The van der Waals surface area contributed by atoms with Gasteiger partial charge in [-0.2, -0.15) is 0 Å². The van der Waals surface area contributed by atoms with Gasteiger partial charge < -0.3 is 5.32 Å². The van der Waals surface area contributed by atoms with Crippen molar-refractivity contribution in [2.45, 2.75) is 0 Å². The lowest BCUT2D eigenvalue weighted by atomic mass is 10.2. The molecule has 26 heavy (non-hydrogen) atoms. The van der Waals surface area contributed by atoms with Crippen LogP contribution in [-0.4, -0.2) is 15.8 Å². The molecule has 0 radical (unpaired) electrons. The predicted octanol–water partition coefficient (Wildman–Crippen LogP) is 5.32. The van der Waals surface area contributed by atoms with Crippen molar-refractivity contribution in [2.75, 3.05) is 10.6 Å². The first kappa shape index (κ1) is 16.2. The van der Waals surface area contributed by atoms with E-state index in [4.69, 9.17) is 11.6 Å². The molecule has 5 nitrogen and oxygen atoms in total. The van der Waals surface area contributed by atoms with Crippen molar-refractivity contribution in [3.63, 3.8) is 0 Å². The lowest BCUT2D eigenvalue weighted by molar-refractivity contribution is 0.262. The molecule has 1 heterocycles. The van der Waals surface area contributed by atoms with Crippen LogP contribution in [0.1, 0.15) is 0 Å². The van der Waals surface area contributed by atoms with Crippen LogP contribution in [0.5, 0.6) is 0 Å². The molecule has 0 saturated heterocycles. The number of amides is 2. The van der Waals surface area contributed by atoms with Crippen molar-refractivity contribution in [3.8, 4) is 5.69 Å². The van der Waals surface area contributed by atoms with E-state index in [1.165, 1.54) is 0 Å². The molecule has 4 aromatic rings. The molecule has 1 aromatic heterocycles. The predicted molar refractivity (Wildman–Crippen MR) is 105 cm³/mol. The number of para-hydroxylation sites is 2. The topological polar surface area (TPSA) is 59.0 Å². The number of fused-ring (bicyclic) bond motifs is 1. The van der Waals surface area contributed by atoms with Crippen LogP contribution in [0.3, 0.4) is 0 Å². The number of anilines is 2. The highest BCUT2D eigenvalue weighted by Gasteiger charge is 2.14. The quantitative estimate of drug-likeness (QED) is 0.518. The van der Waals surface area contributed by atoms with E-state index in [0.29, 0.717) is 16.5 Å². The largest absolute Gasteiger partial charge is 0.324 e. The molecule has 3 aromatic carbocycles. The fraction of sp³-hybridized carbons (Fsp3) is 0. The average Bonchev–Trinajstić information content (AvgIpc) is 3.00. The summed E-state index contributed by atoms with van der Waals surface area (Å²) >= 11 is 6.16. The maximum absolute atomic E-state index is 12.3. The van der Waals surface area contributed by atoms with E-state index < -0.39 is 0 Å². The molecule has 4 rings (SSSR count). The zero-order valence-electron chi connectivity index (χ0n) is 13.7. The molecule has 0 aliphatic rings. The first-order chi connectivity index (χ1) is 12.7. The number of halogens is 1. The van der Waals surface area contributed by atoms with Crippen LogP contribution in [0.2, 0.25) is 5.02 Å². The van der Waals surface area contributed by atoms with E-state index in [0.717, 1.165) is 16.6 Å². The summed E-state index contributed by atoms with van der Waals surface area (Å²) < 4.78 is 1.76. The van der Waals surface area contributed by atoms with Crippen LogP contribution in [0, 0.1) is 0 Å². The number of benzene rings is 3. The summed E-state index contributed by atoms with van der Waals surface area (Å²) in [5.41, 5.74) is 2.41. The Labute approximate surface area is 155 Å². The molecule has 0 bridgehead atoms. The molecule has 128 valence electrons. The monoisotopic (exact) mass is 362 g/mol. The third-order valence-electron chi connectivity index (χ3n) is 3.91. The SMILES string of the molecule is O=C(Nc1ccccc1)Nc1nn(-c2ccccc2)c2cc(Cl)ccc12. The van der Waals surface area contributed by atoms with Gasteiger partial charge in [0.1, 0.15) is 0 Å². The molecule has 2 N–H and O–H groups in total. The van der Waals surface area contributed by atoms with Gasteiger partial charge in [-0.3, -0.25) is 5.32 Å². The average molecular weight is 363 g/mol. The Kier molecular flexibility index (Phi) is 4.29. The van der Waals surface area contributed by atoms with Crippen molar-refractivity contribution >= 4 is 40.0 Å². The Morgan fingerprint density at radius 2 is 1.58 bits per heavy atom. The number of nitrogens with zero attached hydrogens (tertiary/aromatic N) is 2. The second-order valence-corrected chi connectivity index (χ2v) is 6.14. The zero-order chi connectivity index (χ0) is 17.9. The van der Waals surface area contributed by atoms with Crippen LogP contribution in [0.4, 0.5) is 16.3 Å². The molecule has 0 aliphatic carbocycles. The molecular weight excluding hydrogens is 348 g/mol. The number of urea groups is 1. The van der Waals surface area contributed by atoms with Crippen LogP contribution < -0.4 is 10.6 Å². The molecule has 6 heteroatoms. The molecular formula is C20H15ClN4O. The summed E-state index contributed by atoms with van der Waals surface area (Å²) in [5, 5.41) is 11.6. The number of hydrogen-bond donors (Lipinski definition) is 2. The minimum absolute atomic E-state index is 0.356. The highest BCUT2D eigenvalue weighted by molar-refractivity contribution is 6.31. The number of rotatable bonds is 3. The number of hydrogen-bond acceptors (Lipinski definition) is 2. The minimum atomic E-state index is -0.356. The first-order valence-electron chi connectivity index (χ1n) is 8.07. The van der Waals surface area contributed by atoms with E-state index in [2.05, 4.69) is 15.7 Å². The minimum Gasteiger partial charge on any atom is -0.308 e. The second-order valence-electron chi connectivity index (χ2n) is 5.70. The third-order valence-corrected chi connectivity index (χ3v) is 4.14. The van der Waals surface area contributed by atoms with Crippen molar-refractivity contribution in [1.82, 2.24) is 9.78 Å². The third kappa shape index (κ3) is 3.25. The molecule has 0 aliphatic heterocycles. The van der Waals surface area contributed by atoms with Crippen LogP contribution in [0.25, 0.3) is 16.6 Å². The molecule has 0 unspecified atom stereocenters. The van der Waals surface area contributed by atoms with E-state index in [9.17, 15) is 4.79 Å². The summed E-state index contributed by atoms with van der Waals surface area (Å²) in [5.74, 6) is 0.467. The van der Waals surface area contributed by atoms with Crippen LogP contribution >= 0.6 is 11.6 Å². The van der Waals surface area contributed by atoms with Gasteiger partial charge in [-0.25, -0.2) is 9.48 Å². The second kappa shape index (κ2) is 6.90. The summed E-state index contributed by atoms with van der Waals surface area (Å²) in [7, 11) is 0. The van der Waals surface area contributed by atoms with E-state index >= 15 is 0 Å². The van der Waals surface area contributed by atoms with Gasteiger partial charge in [0.05, 0.1) is 11.2 Å². The standard InChI is InChI=1S/C20H15ClN4O/c21-14-11-12-17-18(13-14)25(16-9-5-2-6-10-16)24-19(17)23-20(26)22-15-7-3-1-4-8-15/h1-13H,(H2,22,23,24,26). The fourth-order valence-electron chi connectivity index (χ4n) is 2.74. The van der Waals surface area contributed by atoms with Crippen LogP contribution in [0.15, 0.2) is 78.9 Å². The van der Waals surface area contributed by atoms with Gasteiger partial charge in [-0.05, 0) is 42.5 Å². The Morgan fingerprint density at radius 1 is 0.885 bits per heavy atom. The van der Waals surface area contributed by atoms with Gasteiger partial charge in [0.25, 0.3) is 0 Å². The summed E-state index contributed by atoms with van der Waals surface area (Å²) in [4.78, 5) is 12.3. The molecule has 0 spiro atoms. The van der Waals surface area contributed by atoms with E-state index in [1.807, 2.05) is 72.8 Å². The summed E-state index contributed by atoms with van der Waals surface area (Å²) in [6.45, 7) is 0. The van der Waals surface area contributed by atoms with Gasteiger partial charge in [-0.1, -0.05) is 48.0 Å². The highest BCUT2D eigenvalue weighted by atomic mass is 35.5. The number of carbonyl (C=O) groups excluding carboxylic acids is 1. The van der Waals surface area contributed by atoms with Crippen molar-refractivity contribution in [1.29, 1.82) is 0 Å². The van der Waals surface area contributed by atoms with E-state index in [-0.39, 0.29) is 6.03 Å². The van der Waals surface area contributed by atoms with E-state index in [1.54, 1.807) is 10.7 Å². The Hall–Kier alpha value is -3.31. The normalized spacial score (nSPS) is 10.7. The maximum Gasteiger partial charge on any atom is 0.324 e. The summed E-state index contributed by atoms with van der Waals surface area (Å²) in [6.07, 6.45) is 0. The summed E-state index contributed by atoms with van der Waals surface area (Å²) in [6, 6.07) is 24.0. The lowest BCUT2D eigenvalue weighted by Gasteiger charge is -2.05. The fourth-order valence-corrected chi connectivity index (χ4v) is 2.90. The van der Waals surface area contributed by atoms with Gasteiger partial charge >= 0.3 is 6.03 Å². The Morgan fingerprint density at radius 3 is 2.31 bits per heavy atom. The van der Waals surface area contributed by atoms with Crippen molar-refractivity contribution in [2.24, 2.45) is 0 Å². The maximum atomic E-state index is 12.3. The number of carbonyl (C=O) groups is 1. The number of aromatic nitrogens is 2.